The number of carbonyl (C=O) groups excluding carboxylic acids is 2. The van der Waals surface area contributed by atoms with E-state index in [4.69, 9.17) is 0 Å². The van der Waals surface area contributed by atoms with Gasteiger partial charge in [-0.3, -0.25) is 9.59 Å². The molecule has 5 unspecified atom stereocenters. The predicted octanol–water partition coefficient (Wildman–Crippen LogP) is 2.77. The molecule has 0 saturated heterocycles. The SMILES string of the molecule is CC1=C2C(=O)NC1C=CC(C)(O)CCC1C(CC(C)C2=O)C1(C)C. The van der Waals surface area contributed by atoms with Crippen molar-refractivity contribution < 1.29 is 14.7 Å². The van der Waals surface area contributed by atoms with E-state index >= 15 is 0 Å². The molecule has 1 aliphatic heterocycles. The number of aliphatic hydroxyl groups is 1. The Kier molecular flexibility index (Phi) is 4.03. The Hall–Kier alpha value is -1.42. The first kappa shape index (κ1) is 17.4. The monoisotopic (exact) mass is 331 g/mol. The van der Waals surface area contributed by atoms with Gasteiger partial charge in [-0.1, -0.05) is 32.9 Å². The Morgan fingerprint density at radius 2 is 1.88 bits per heavy atom. The number of rotatable bonds is 0. The van der Waals surface area contributed by atoms with Crippen molar-refractivity contribution in [1.82, 2.24) is 5.32 Å². The van der Waals surface area contributed by atoms with Gasteiger partial charge in [0.15, 0.2) is 5.78 Å². The van der Waals surface area contributed by atoms with Crippen molar-refractivity contribution in [3.05, 3.63) is 23.3 Å². The van der Waals surface area contributed by atoms with Crippen molar-refractivity contribution in [3.63, 3.8) is 0 Å². The highest BCUT2D eigenvalue weighted by Crippen LogP contribution is 2.63. The van der Waals surface area contributed by atoms with Crippen LogP contribution in [0.2, 0.25) is 0 Å². The first-order valence-corrected chi connectivity index (χ1v) is 9.02. The second-order valence-electron chi connectivity index (χ2n) is 8.80. The Morgan fingerprint density at radius 3 is 2.54 bits per heavy atom. The molecule has 0 aromatic carbocycles. The lowest BCUT2D eigenvalue weighted by molar-refractivity contribution is -0.124. The molecule has 1 amide bonds. The van der Waals surface area contributed by atoms with Gasteiger partial charge in [0.1, 0.15) is 0 Å². The smallest absolute Gasteiger partial charge is 0.255 e. The molecule has 1 saturated carbocycles. The van der Waals surface area contributed by atoms with Gasteiger partial charge in [-0.25, -0.2) is 0 Å². The van der Waals surface area contributed by atoms with Crippen LogP contribution in [0.5, 0.6) is 0 Å². The predicted molar refractivity (Wildman–Crippen MR) is 93.2 cm³/mol. The molecule has 0 aromatic rings. The summed E-state index contributed by atoms with van der Waals surface area (Å²) < 4.78 is 0. The highest BCUT2D eigenvalue weighted by atomic mass is 16.3. The van der Waals surface area contributed by atoms with Crippen LogP contribution < -0.4 is 5.32 Å². The van der Waals surface area contributed by atoms with Crippen molar-refractivity contribution in [1.29, 1.82) is 0 Å². The van der Waals surface area contributed by atoms with Gasteiger partial charge in [0, 0.05) is 5.92 Å². The Balaban J connectivity index is 1.95. The molecule has 2 bridgehead atoms. The topological polar surface area (TPSA) is 66.4 Å². The van der Waals surface area contributed by atoms with Gasteiger partial charge in [0.25, 0.3) is 5.91 Å². The average Bonchev–Trinajstić information content (AvgIpc) is 2.85. The molecule has 5 atom stereocenters. The quantitative estimate of drug-likeness (QED) is 0.530. The van der Waals surface area contributed by atoms with Crippen LogP contribution in [0.3, 0.4) is 0 Å². The van der Waals surface area contributed by atoms with Gasteiger partial charge in [-0.2, -0.15) is 0 Å². The Labute approximate surface area is 144 Å². The number of amides is 1. The third-order valence-electron chi connectivity index (χ3n) is 6.57. The molecule has 1 heterocycles. The molecular weight excluding hydrogens is 302 g/mol. The van der Waals surface area contributed by atoms with Crippen LogP contribution >= 0.6 is 0 Å². The molecule has 0 spiro atoms. The van der Waals surface area contributed by atoms with Gasteiger partial charge in [0.2, 0.25) is 0 Å². The fourth-order valence-corrected chi connectivity index (χ4v) is 4.62. The average molecular weight is 331 g/mol. The van der Waals surface area contributed by atoms with Crippen LogP contribution in [-0.4, -0.2) is 28.4 Å². The molecule has 3 rings (SSSR count). The standard InChI is InChI=1S/C20H29NO3/c1-11-10-14-13(19(14,3)4)6-8-20(5,24)9-7-15-12(2)16(17(11)22)18(23)21-15/h7,9,11,13-15,24H,6,8,10H2,1-5H3,(H,21,23). The highest BCUT2D eigenvalue weighted by Gasteiger charge is 2.57. The van der Waals surface area contributed by atoms with E-state index in [1.54, 1.807) is 6.08 Å². The van der Waals surface area contributed by atoms with Crippen LogP contribution in [-0.2, 0) is 9.59 Å². The molecule has 0 aromatic heterocycles. The summed E-state index contributed by atoms with van der Waals surface area (Å²) >= 11 is 0. The molecule has 2 aliphatic carbocycles. The second-order valence-corrected chi connectivity index (χ2v) is 8.80. The third kappa shape index (κ3) is 2.85. The molecule has 4 nitrogen and oxygen atoms in total. The summed E-state index contributed by atoms with van der Waals surface area (Å²) in [5.74, 6) is 0.572. The summed E-state index contributed by atoms with van der Waals surface area (Å²) in [5.41, 5.74) is 0.420. The largest absolute Gasteiger partial charge is 0.386 e. The van der Waals surface area contributed by atoms with E-state index in [0.29, 0.717) is 23.8 Å². The van der Waals surface area contributed by atoms with Gasteiger partial charge in [-0.05, 0) is 55.9 Å². The normalized spacial score (nSPS) is 41.9. The Bertz CT molecular complexity index is 641. The number of Topliss-reactive ketones (excluding diaryl/α,β-unsaturated/α-hetero) is 1. The minimum atomic E-state index is -0.888. The van der Waals surface area contributed by atoms with E-state index in [1.807, 2.05) is 26.8 Å². The first-order valence-electron chi connectivity index (χ1n) is 9.02. The second kappa shape index (κ2) is 5.55. The van der Waals surface area contributed by atoms with Gasteiger partial charge >= 0.3 is 0 Å². The molecule has 1 fully saturated rings. The lowest BCUT2D eigenvalue weighted by Crippen LogP contribution is -2.30. The van der Waals surface area contributed by atoms with E-state index in [2.05, 4.69) is 19.2 Å². The molecule has 3 aliphatic rings. The summed E-state index contributed by atoms with van der Waals surface area (Å²) in [6.45, 7) is 10.1. The molecule has 4 heteroatoms. The summed E-state index contributed by atoms with van der Waals surface area (Å²) in [4.78, 5) is 25.1. The number of ketones is 1. The number of fused-ring (bicyclic) bond motifs is 2. The van der Waals surface area contributed by atoms with E-state index in [1.165, 1.54) is 0 Å². The zero-order valence-corrected chi connectivity index (χ0v) is 15.3. The third-order valence-corrected chi connectivity index (χ3v) is 6.57. The summed E-state index contributed by atoms with van der Waals surface area (Å²) in [6.07, 6.45) is 6.09. The maximum Gasteiger partial charge on any atom is 0.255 e. The molecule has 0 radical (unpaired) electrons. The van der Waals surface area contributed by atoms with Crippen molar-refractivity contribution in [3.8, 4) is 0 Å². The molecule has 24 heavy (non-hydrogen) atoms. The van der Waals surface area contributed by atoms with Gasteiger partial charge in [0.05, 0.1) is 17.2 Å². The zero-order chi connectivity index (χ0) is 17.9. The minimum absolute atomic E-state index is 0.0339. The maximum atomic E-state index is 12.8. The van der Waals surface area contributed by atoms with Gasteiger partial charge in [-0.15, -0.1) is 0 Å². The fourth-order valence-electron chi connectivity index (χ4n) is 4.62. The van der Waals surface area contributed by atoms with Crippen molar-refractivity contribution >= 4 is 11.7 Å². The highest BCUT2D eigenvalue weighted by molar-refractivity contribution is 6.22. The van der Waals surface area contributed by atoms with Crippen LogP contribution in [0.1, 0.15) is 53.9 Å². The lowest BCUT2D eigenvalue weighted by atomic mass is 9.90. The fraction of sp³-hybridized carbons (Fsp3) is 0.700. The van der Waals surface area contributed by atoms with E-state index in [-0.39, 0.29) is 29.1 Å². The minimum Gasteiger partial charge on any atom is -0.386 e. The molecule has 132 valence electrons. The molecule has 2 N–H and O–H groups in total. The van der Waals surface area contributed by atoms with Crippen LogP contribution in [0.25, 0.3) is 0 Å². The van der Waals surface area contributed by atoms with E-state index < -0.39 is 5.60 Å². The lowest BCUT2D eigenvalue weighted by Gasteiger charge is -2.20. The number of hydrogen-bond acceptors (Lipinski definition) is 3. The van der Waals surface area contributed by atoms with Crippen LogP contribution in [0.4, 0.5) is 0 Å². The van der Waals surface area contributed by atoms with Crippen molar-refractivity contribution in [2.24, 2.45) is 23.2 Å². The number of hydrogen-bond donors (Lipinski definition) is 2. The first-order chi connectivity index (χ1) is 11.0. The summed E-state index contributed by atoms with van der Waals surface area (Å²) in [5, 5.41) is 13.5. The van der Waals surface area contributed by atoms with E-state index in [0.717, 1.165) is 18.4 Å². The Morgan fingerprint density at radius 1 is 1.21 bits per heavy atom. The van der Waals surface area contributed by atoms with Gasteiger partial charge < -0.3 is 10.4 Å². The summed E-state index contributed by atoms with van der Waals surface area (Å²) in [6, 6.07) is -0.290. The van der Waals surface area contributed by atoms with E-state index in [9.17, 15) is 14.7 Å². The van der Waals surface area contributed by atoms with Crippen LogP contribution in [0.15, 0.2) is 23.3 Å². The number of nitrogens with one attached hydrogen (secondary N) is 1. The maximum absolute atomic E-state index is 12.8. The van der Waals surface area contributed by atoms with Crippen molar-refractivity contribution in [2.45, 2.75) is 65.5 Å². The molecular formula is C20H29NO3. The van der Waals surface area contributed by atoms with Crippen LogP contribution in [0, 0.1) is 23.2 Å². The zero-order valence-electron chi connectivity index (χ0n) is 15.3. The summed E-state index contributed by atoms with van der Waals surface area (Å²) in [7, 11) is 0. The number of carbonyl (C=O) groups is 2. The van der Waals surface area contributed by atoms with Crippen molar-refractivity contribution in [2.75, 3.05) is 0 Å².